The number of aldehydes is 1. The Labute approximate surface area is 60.4 Å². The monoisotopic (exact) mass is 144 g/mol. The lowest BCUT2D eigenvalue weighted by Gasteiger charge is -2.05. The number of ether oxygens (including phenoxy) is 1. The summed E-state index contributed by atoms with van der Waals surface area (Å²) < 4.78 is 4.66. The maximum absolute atomic E-state index is 10.8. The van der Waals surface area contributed by atoms with Crippen LogP contribution in [0.1, 0.15) is 20.3 Å². The van der Waals surface area contributed by atoms with Crippen molar-refractivity contribution in [3.05, 3.63) is 0 Å². The van der Waals surface area contributed by atoms with Gasteiger partial charge in [-0.25, -0.2) is 0 Å². The van der Waals surface area contributed by atoms with E-state index in [1.807, 2.05) is 0 Å². The molecule has 0 radical (unpaired) electrons. The van der Waals surface area contributed by atoms with Crippen LogP contribution in [0.3, 0.4) is 0 Å². The summed E-state index contributed by atoms with van der Waals surface area (Å²) in [6.45, 7) is 3.79. The highest BCUT2D eigenvalue weighted by molar-refractivity contribution is 5.74. The smallest absolute Gasteiger partial charge is 0.309 e. The van der Waals surface area contributed by atoms with Crippen molar-refractivity contribution < 1.29 is 14.3 Å². The minimum absolute atomic E-state index is 0.249. The lowest BCUT2D eigenvalue weighted by atomic mass is 10.1. The Kier molecular flexibility index (Phi) is 4.54. The highest BCUT2D eigenvalue weighted by Crippen LogP contribution is 2.01. The molecule has 0 fully saturated rings. The first-order valence-corrected chi connectivity index (χ1v) is 3.32. The van der Waals surface area contributed by atoms with E-state index >= 15 is 0 Å². The fourth-order valence-electron chi connectivity index (χ4n) is 0.525. The van der Waals surface area contributed by atoms with Crippen molar-refractivity contribution in [1.29, 1.82) is 0 Å². The Hall–Kier alpha value is -0.860. The van der Waals surface area contributed by atoms with E-state index in [4.69, 9.17) is 0 Å². The van der Waals surface area contributed by atoms with Gasteiger partial charge < -0.3 is 9.53 Å². The van der Waals surface area contributed by atoms with Gasteiger partial charge in [-0.05, 0) is 6.92 Å². The molecular formula is C7H12O3. The van der Waals surface area contributed by atoms with E-state index in [0.717, 1.165) is 6.29 Å². The average molecular weight is 144 g/mol. The Morgan fingerprint density at radius 3 is 2.70 bits per heavy atom. The molecule has 1 atom stereocenters. The minimum atomic E-state index is -0.297. The molecule has 10 heavy (non-hydrogen) atoms. The van der Waals surface area contributed by atoms with Crippen LogP contribution in [0.2, 0.25) is 0 Å². The molecule has 0 aliphatic carbocycles. The summed E-state index contributed by atoms with van der Waals surface area (Å²) >= 11 is 0. The molecule has 0 aliphatic rings. The second-order valence-electron chi connectivity index (χ2n) is 2.06. The zero-order chi connectivity index (χ0) is 7.98. The van der Waals surface area contributed by atoms with Gasteiger partial charge in [-0.2, -0.15) is 0 Å². The highest BCUT2D eigenvalue weighted by Gasteiger charge is 2.11. The van der Waals surface area contributed by atoms with E-state index in [-0.39, 0.29) is 18.3 Å². The molecule has 0 N–H and O–H groups in total. The third kappa shape index (κ3) is 3.22. The van der Waals surface area contributed by atoms with Crippen molar-refractivity contribution in [3.8, 4) is 0 Å². The van der Waals surface area contributed by atoms with Crippen LogP contribution in [0, 0.1) is 5.92 Å². The second kappa shape index (κ2) is 4.97. The van der Waals surface area contributed by atoms with Crippen LogP contribution < -0.4 is 0 Å². The zero-order valence-electron chi connectivity index (χ0n) is 6.29. The molecule has 0 rings (SSSR count). The number of hydrogen-bond acceptors (Lipinski definition) is 3. The van der Waals surface area contributed by atoms with Gasteiger partial charge in [0.1, 0.15) is 6.29 Å². The van der Waals surface area contributed by atoms with Crippen LogP contribution in [-0.2, 0) is 14.3 Å². The van der Waals surface area contributed by atoms with Gasteiger partial charge in [-0.1, -0.05) is 6.92 Å². The zero-order valence-corrected chi connectivity index (χ0v) is 6.29. The molecular weight excluding hydrogens is 132 g/mol. The number of hydrogen-bond donors (Lipinski definition) is 0. The third-order valence-electron chi connectivity index (χ3n) is 1.14. The number of carbonyl (C=O) groups is 2. The van der Waals surface area contributed by atoms with Crippen molar-refractivity contribution in [3.63, 3.8) is 0 Å². The van der Waals surface area contributed by atoms with Gasteiger partial charge in [0.2, 0.25) is 0 Å². The van der Waals surface area contributed by atoms with Gasteiger partial charge in [-0.15, -0.1) is 0 Å². The summed E-state index contributed by atoms with van der Waals surface area (Å²) in [5.41, 5.74) is 0. The molecule has 3 heteroatoms. The van der Waals surface area contributed by atoms with Crippen LogP contribution in [0.5, 0.6) is 0 Å². The van der Waals surface area contributed by atoms with E-state index < -0.39 is 0 Å². The van der Waals surface area contributed by atoms with Crippen LogP contribution >= 0.6 is 0 Å². The Balaban J connectivity index is 3.58. The van der Waals surface area contributed by atoms with E-state index in [9.17, 15) is 9.59 Å². The lowest BCUT2D eigenvalue weighted by molar-refractivity contribution is -0.148. The highest BCUT2D eigenvalue weighted by atomic mass is 16.5. The fourth-order valence-corrected chi connectivity index (χ4v) is 0.525. The van der Waals surface area contributed by atoms with Crippen molar-refractivity contribution in [1.82, 2.24) is 0 Å². The van der Waals surface area contributed by atoms with Crippen molar-refractivity contribution in [2.75, 3.05) is 6.61 Å². The SMILES string of the molecule is CCOC(=O)[C@H](C)CC=O. The molecule has 0 spiro atoms. The largest absolute Gasteiger partial charge is 0.466 e. The van der Waals surface area contributed by atoms with Crippen LogP contribution in [0.4, 0.5) is 0 Å². The number of esters is 1. The summed E-state index contributed by atoms with van der Waals surface area (Å²) in [7, 11) is 0. The van der Waals surface area contributed by atoms with Gasteiger partial charge in [-0.3, -0.25) is 4.79 Å². The molecule has 0 bridgehead atoms. The maximum Gasteiger partial charge on any atom is 0.309 e. The molecule has 0 saturated heterocycles. The summed E-state index contributed by atoms with van der Waals surface area (Å²) in [6, 6.07) is 0. The summed E-state index contributed by atoms with van der Waals surface area (Å²) in [4.78, 5) is 20.7. The fraction of sp³-hybridized carbons (Fsp3) is 0.714. The second-order valence-corrected chi connectivity index (χ2v) is 2.06. The maximum atomic E-state index is 10.8. The minimum Gasteiger partial charge on any atom is -0.466 e. The standard InChI is InChI=1S/C7H12O3/c1-3-10-7(9)6(2)4-5-8/h5-6H,3-4H2,1-2H3/t6-/m1/s1. The normalized spacial score (nSPS) is 12.2. The van der Waals surface area contributed by atoms with Crippen LogP contribution in [-0.4, -0.2) is 18.9 Å². The van der Waals surface area contributed by atoms with E-state index in [1.54, 1.807) is 13.8 Å². The molecule has 0 unspecified atom stereocenters. The number of carbonyl (C=O) groups excluding carboxylic acids is 2. The number of rotatable bonds is 4. The van der Waals surface area contributed by atoms with Crippen molar-refractivity contribution in [2.24, 2.45) is 5.92 Å². The predicted molar refractivity (Wildman–Crippen MR) is 36.5 cm³/mol. The quantitative estimate of drug-likeness (QED) is 0.432. The van der Waals surface area contributed by atoms with Gasteiger partial charge in [0.15, 0.2) is 0 Å². The molecule has 0 saturated carbocycles. The van der Waals surface area contributed by atoms with Gasteiger partial charge >= 0.3 is 5.97 Å². The molecule has 0 heterocycles. The summed E-state index contributed by atoms with van der Waals surface area (Å²) in [6.07, 6.45) is 0.973. The molecule has 0 aromatic carbocycles. The Morgan fingerprint density at radius 2 is 2.30 bits per heavy atom. The van der Waals surface area contributed by atoms with Gasteiger partial charge in [0.25, 0.3) is 0 Å². The topological polar surface area (TPSA) is 43.4 Å². The van der Waals surface area contributed by atoms with Crippen LogP contribution in [0.15, 0.2) is 0 Å². The molecule has 3 nitrogen and oxygen atoms in total. The third-order valence-corrected chi connectivity index (χ3v) is 1.14. The molecule has 0 aromatic rings. The van der Waals surface area contributed by atoms with E-state index in [1.165, 1.54) is 0 Å². The molecule has 0 amide bonds. The summed E-state index contributed by atoms with van der Waals surface area (Å²) in [5, 5.41) is 0. The van der Waals surface area contributed by atoms with Crippen LogP contribution in [0.25, 0.3) is 0 Å². The van der Waals surface area contributed by atoms with Gasteiger partial charge in [0, 0.05) is 6.42 Å². The first-order chi connectivity index (χ1) is 4.72. The lowest BCUT2D eigenvalue weighted by Crippen LogP contribution is -2.14. The van der Waals surface area contributed by atoms with E-state index in [2.05, 4.69) is 4.74 Å². The Morgan fingerprint density at radius 1 is 1.70 bits per heavy atom. The van der Waals surface area contributed by atoms with Gasteiger partial charge in [0.05, 0.1) is 12.5 Å². The predicted octanol–water partition coefficient (Wildman–Crippen LogP) is 0.775. The first kappa shape index (κ1) is 9.14. The van der Waals surface area contributed by atoms with Crippen molar-refractivity contribution in [2.45, 2.75) is 20.3 Å². The molecule has 0 aliphatic heterocycles. The average Bonchev–Trinajstić information content (AvgIpc) is 1.89. The Bertz CT molecular complexity index is 120. The van der Waals surface area contributed by atoms with Crippen molar-refractivity contribution >= 4 is 12.3 Å². The first-order valence-electron chi connectivity index (χ1n) is 3.32. The van der Waals surface area contributed by atoms with E-state index in [0.29, 0.717) is 6.61 Å². The summed E-state index contributed by atoms with van der Waals surface area (Å²) in [5.74, 6) is -0.591. The molecule has 58 valence electrons. The molecule has 0 aromatic heterocycles.